The van der Waals surface area contributed by atoms with Gasteiger partial charge < -0.3 is 20.7 Å². The van der Waals surface area contributed by atoms with Gasteiger partial charge in [0, 0.05) is 37.8 Å². The lowest BCUT2D eigenvalue weighted by Gasteiger charge is -2.15. The molecule has 13 heteroatoms. The summed E-state index contributed by atoms with van der Waals surface area (Å²) in [5.41, 5.74) is 0.270. The van der Waals surface area contributed by atoms with Crippen molar-refractivity contribution in [1.82, 2.24) is 14.8 Å². The van der Waals surface area contributed by atoms with Gasteiger partial charge in [-0.1, -0.05) is 6.07 Å². The van der Waals surface area contributed by atoms with Crippen LogP contribution in [0.15, 0.2) is 29.1 Å². The van der Waals surface area contributed by atoms with E-state index < -0.39 is 30.0 Å². The molecule has 0 unspecified atom stereocenters. The maximum absolute atomic E-state index is 12.8. The number of hydrogen-bond donors (Lipinski definition) is 3. The number of methoxy groups -OCH3 is 1. The van der Waals surface area contributed by atoms with Crippen LogP contribution >= 0.6 is 11.3 Å². The van der Waals surface area contributed by atoms with Crippen LogP contribution in [0.5, 0.6) is 0 Å². The van der Waals surface area contributed by atoms with E-state index in [1.54, 1.807) is 44.4 Å². The van der Waals surface area contributed by atoms with E-state index in [-0.39, 0.29) is 28.2 Å². The van der Waals surface area contributed by atoms with E-state index in [4.69, 9.17) is 4.74 Å². The summed E-state index contributed by atoms with van der Waals surface area (Å²) in [4.78, 5) is 39.1. The van der Waals surface area contributed by atoms with Gasteiger partial charge in [-0.2, -0.15) is 5.26 Å². The number of carbonyl (C=O) groups is 2. The molecule has 0 bridgehead atoms. The van der Waals surface area contributed by atoms with Crippen LogP contribution in [0.1, 0.15) is 6.92 Å². The molecule has 1 aromatic heterocycles. The molecule has 0 aliphatic rings. The molecule has 2 rings (SSSR count). The Bertz CT molecular complexity index is 1280. The molecule has 0 aliphatic carbocycles. The highest BCUT2D eigenvalue weighted by molar-refractivity contribution is 7.07. The molecule has 0 aliphatic heterocycles. The molecule has 0 atom stereocenters. The van der Waals surface area contributed by atoms with Crippen molar-refractivity contribution < 1.29 is 23.1 Å². The summed E-state index contributed by atoms with van der Waals surface area (Å²) >= 11 is 0.892. The number of nitrogens with one attached hydrogen (secondary N) is 3. The van der Waals surface area contributed by atoms with Crippen LogP contribution in [0, 0.1) is 11.3 Å². The maximum Gasteiger partial charge on any atom is 0.270 e. The first-order valence-corrected chi connectivity index (χ1v) is 11.8. The van der Waals surface area contributed by atoms with Crippen molar-refractivity contribution in [3.63, 3.8) is 0 Å². The molecule has 194 valence electrons. The van der Waals surface area contributed by atoms with E-state index in [9.17, 15) is 28.4 Å². The van der Waals surface area contributed by atoms with Crippen LogP contribution in [-0.2, 0) is 20.9 Å². The summed E-state index contributed by atoms with van der Waals surface area (Å²) in [5, 5.41) is 17.2. The first-order chi connectivity index (χ1) is 17.2. The molecule has 0 saturated heterocycles. The molecule has 36 heavy (non-hydrogen) atoms. The molecular formula is C23H28F2N6O4S. The Morgan fingerprint density at radius 2 is 2.06 bits per heavy atom. The van der Waals surface area contributed by atoms with Gasteiger partial charge in [0.1, 0.15) is 15.3 Å². The van der Waals surface area contributed by atoms with Crippen molar-refractivity contribution in [2.75, 3.05) is 51.0 Å². The third-order valence-electron chi connectivity index (χ3n) is 4.80. The molecule has 0 radical (unpaired) electrons. The molecule has 2 aromatic rings. The number of anilines is 2. The van der Waals surface area contributed by atoms with E-state index in [1.807, 2.05) is 17.3 Å². The van der Waals surface area contributed by atoms with E-state index in [2.05, 4.69) is 10.6 Å². The Labute approximate surface area is 210 Å². The molecule has 2 amide bonds. The minimum absolute atomic E-state index is 0.0726. The fraction of sp³-hybridized carbons (Fsp3) is 0.391. The van der Waals surface area contributed by atoms with Gasteiger partial charge in [-0.15, -0.1) is 11.3 Å². The number of hydrogen-bond acceptors (Lipinski definition) is 8. The highest BCUT2D eigenvalue weighted by Gasteiger charge is 2.16. The average Bonchev–Trinajstić information content (AvgIpc) is 3.15. The number of alkyl halides is 2. The Kier molecular flexibility index (Phi) is 11.2. The highest BCUT2D eigenvalue weighted by atomic mass is 32.1. The summed E-state index contributed by atoms with van der Waals surface area (Å²) < 4.78 is 31.4. The van der Waals surface area contributed by atoms with Crippen LogP contribution in [0.3, 0.4) is 0 Å². The Morgan fingerprint density at radius 3 is 2.69 bits per heavy atom. The van der Waals surface area contributed by atoms with Gasteiger partial charge in [-0.25, -0.2) is 8.78 Å². The number of thiazole rings is 1. The van der Waals surface area contributed by atoms with Crippen molar-refractivity contribution in [2.45, 2.75) is 19.9 Å². The molecule has 0 spiro atoms. The number of carbonyl (C=O) groups excluding carboxylic acids is 2. The first kappa shape index (κ1) is 28.6. The fourth-order valence-electron chi connectivity index (χ4n) is 3.05. The zero-order valence-electron chi connectivity index (χ0n) is 20.1. The van der Waals surface area contributed by atoms with Crippen molar-refractivity contribution >= 4 is 46.3 Å². The number of ether oxygens (including phenoxy) is 1. The molecule has 0 saturated carbocycles. The number of aromatic nitrogens is 1. The second kappa shape index (κ2) is 14.1. The molecule has 10 nitrogen and oxygen atoms in total. The lowest BCUT2D eigenvalue weighted by atomic mass is 10.2. The summed E-state index contributed by atoms with van der Waals surface area (Å²) in [6.07, 6.45) is -1.34. The van der Waals surface area contributed by atoms with Crippen LogP contribution in [0.25, 0.3) is 11.8 Å². The zero-order valence-corrected chi connectivity index (χ0v) is 21.0. The number of nitriles is 1. The second-order valence-electron chi connectivity index (χ2n) is 7.56. The van der Waals surface area contributed by atoms with Crippen LogP contribution in [-0.4, -0.2) is 68.1 Å². The largest absolute Gasteiger partial charge is 0.383 e. The quantitative estimate of drug-likeness (QED) is 0.367. The van der Waals surface area contributed by atoms with Gasteiger partial charge in [0.25, 0.3) is 17.9 Å². The number of rotatable bonds is 12. The Hall–Kier alpha value is -3.60. The molecule has 3 N–H and O–H groups in total. The predicted octanol–water partition coefficient (Wildman–Crippen LogP) is 0.352. The van der Waals surface area contributed by atoms with E-state index in [0.29, 0.717) is 24.5 Å². The molecule has 1 heterocycles. The second-order valence-corrected chi connectivity index (χ2v) is 8.59. The molecular weight excluding hydrogens is 494 g/mol. The van der Waals surface area contributed by atoms with E-state index in [0.717, 1.165) is 11.3 Å². The maximum atomic E-state index is 12.8. The summed E-state index contributed by atoms with van der Waals surface area (Å²) in [5.74, 6) is -1.18. The number of likely N-dealkylation sites (N-methyl/N-ethyl adjacent to an activating group) is 1. The van der Waals surface area contributed by atoms with E-state index >= 15 is 0 Å². The van der Waals surface area contributed by atoms with Gasteiger partial charge in [-0.3, -0.25) is 23.9 Å². The number of amides is 2. The van der Waals surface area contributed by atoms with Crippen molar-refractivity contribution in [1.29, 1.82) is 5.26 Å². The monoisotopic (exact) mass is 522 g/mol. The third-order valence-corrected chi connectivity index (χ3v) is 5.93. The van der Waals surface area contributed by atoms with Gasteiger partial charge in [0.2, 0.25) is 5.91 Å². The third kappa shape index (κ3) is 8.26. The first-order valence-electron chi connectivity index (χ1n) is 10.9. The number of halogens is 2. The van der Waals surface area contributed by atoms with Crippen molar-refractivity contribution in [2.24, 2.45) is 0 Å². The minimum Gasteiger partial charge on any atom is -0.383 e. The Morgan fingerprint density at radius 1 is 1.33 bits per heavy atom. The van der Waals surface area contributed by atoms with Gasteiger partial charge in [-0.05, 0) is 32.2 Å². The topological polar surface area (TPSA) is 128 Å². The van der Waals surface area contributed by atoms with Gasteiger partial charge >= 0.3 is 0 Å². The number of benzene rings is 1. The normalized spacial score (nSPS) is 12.4. The lowest BCUT2D eigenvalue weighted by molar-refractivity contribution is -0.117. The van der Waals surface area contributed by atoms with Crippen LogP contribution in [0.4, 0.5) is 20.2 Å². The lowest BCUT2D eigenvalue weighted by Crippen LogP contribution is -2.35. The summed E-state index contributed by atoms with van der Waals surface area (Å²) in [6, 6.07) is 8.56. The Balaban J connectivity index is 2.26. The van der Waals surface area contributed by atoms with Gasteiger partial charge in [0.15, 0.2) is 5.57 Å². The minimum atomic E-state index is -2.77. The predicted molar refractivity (Wildman–Crippen MR) is 134 cm³/mol. The van der Waals surface area contributed by atoms with Crippen LogP contribution in [0.2, 0.25) is 0 Å². The SMILES string of the molecule is CCn1c(=C(C#N)C(=O)NCC(F)F)sc(=CNc2cccc(NC(=O)CN(C)CCOC)c2)c1=O. The van der Waals surface area contributed by atoms with Crippen molar-refractivity contribution in [3.8, 4) is 6.07 Å². The van der Waals surface area contributed by atoms with E-state index in [1.165, 1.54) is 10.8 Å². The standard InChI is InChI=1S/C23H28F2N6O4S/c1-4-31-22(34)18(36-23(31)17(11-26)21(33)28-13-19(24)25)12-27-15-6-5-7-16(10-15)29-20(32)14-30(2)8-9-35-3/h5-7,10,12,19,27H,4,8-9,13-14H2,1-3H3,(H,28,33)(H,29,32). The summed E-state index contributed by atoms with van der Waals surface area (Å²) in [7, 11) is 3.40. The fourth-order valence-corrected chi connectivity index (χ4v) is 4.14. The average molecular weight is 523 g/mol. The highest BCUT2D eigenvalue weighted by Crippen LogP contribution is 2.15. The number of nitrogens with zero attached hydrogens (tertiary/aromatic N) is 3. The summed E-state index contributed by atoms with van der Waals surface area (Å²) in [6.45, 7) is 2.24. The van der Waals surface area contributed by atoms with Crippen LogP contribution < -0.4 is 30.7 Å². The molecule has 1 aromatic carbocycles. The zero-order chi connectivity index (χ0) is 26.7. The smallest absolute Gasteiger partial charge is 0.270 e. The van der Waals surface area contributed by atoms with Crippen molar-refractivity contribution in [3.05, 3.63) is 43.8 Å². The molecule has 0 fully saturated rings. The van der Waals surface area contributed by atoms with Gasteiger partial charge in [0.05, 0.1) is 19.7 Å².